The summed E-state index contributed by atoms with van der Waals surface area (Å²) in [5, 5.41) is 10.3. The second-order valence-electron chi connectivity index (χ2n) is 5.60. The van der Waals surface area contributed by atoms with Gasteiger partial charge >= 0.3 is 0 Å². The lowest BCUT2D eigenvalue weighted by Crippen LogP contribution is -1.99. The van der Waals surface area contributed by atoms with Gasteiger partial charge in [-0.1, -0.05) is 12.1 Å². The molecule has 0 unspecified atom stereocenters. The second kappa shape index (κ2) is 7.16. The van der Waals surface area contributed by atoms with E-state index in [-0.39, 0.29) is 0 Å². The van der Waals surface area contributed by atoms with E-state index in [0.29, 0.717) is 12.1 Å². The molecule has 0 saturated heterocycles. The number of halogens is 1. The molecule has 0 atom stereocenters. The molecule has 0 radical (unpaired) electrons. The van der Waals surface area contributed by atoms with Crippen LogP contribution in [0.3, 0.4) is 0 Å². The Morgan fingerprint density at radius 2 is 1.87 bits per heavy atom. The molecule has 116 valence electrons. The molecule has 0 aliphatic carbocycles. The number of hydrogen-bond acceptors (Lipinski definition) is 2. The minimum absolute atomic E-state index is 0.700. The SMILES string of the molecule is N#Cc1ccc2[nH]c(-c3ccc(I)cc3)c(CCCCN)c2c1. The molecule has 4 heteroatoms. The molecule has 0 bridgehead atoms. The molecule has 3 nitrogen and oxygen atoms in total. The Kier molecular flexibility index (Phi) is 4.99. The van der Waals surface area contributed by atoms with Gasteiger partial charge in [-0.2, -0.15) is 5.26 Å². The van der Waals surface area contributed by atoms with Gasteiger partial charge < -0.3 is 10.7 Å². The van der Waals surface area contributed by atoms with Gasteiger partial charge in [0.1, 0.15) is 0 Å². The second-order valence-corrected chi connectivity index (χ2v) is 6.85. The molecular formula is C19H18IN3. The zero-order valence-corrected chi connectivity index (χ0v) is 14.9. The highest BCUT2D eigenvalue weighted by atomic mass is 127. The molecule has 0 saturated carbocycles. The average molecular weight is 415 g/mol. The van der Waals surface area contributed by atoms with E-state index in [1.165, 1.54) is 14.7 Å². The summed E-state index contributed by atoms with van der Waals surface area (Å²) in [4.78, 5) is 3.54. The number of hydrogen-bond donors (Lipinski definition) is 2. The highest BCUT2D eigenvalue weighted by Crippen LogP contribution is 2.32. The van der Waals surface area contributed by atoms with Crippen molar-refractivity contribution < 1.29 is 0 Å². The van der Waals surface area contributed by atoms with E-state index in [1.54, 1.807) is 0 Å². The van der Waals surface area contributed by atoms with Crippen LogP contribution in [0.25, 0.3) is 22.2 Å². The van der Waals surface area contributed by atoms with Crippen molar-refractivity contribution in [3.8, 4) is 17.3 Å². The van der Waals surface area contributed by atoms with Gasteiger partial charge in [-0.3, -0.25) is 0 Å². The number of aromatic nitrogens is 1. The number of aromatic amines is 1. The monoisotopic (exact) mass is 415 g/mol. The normalized spacial score (nSPS) is 10.8. The highest BCUT2D eigenvalue weighted by Gasteiger charge is 2.13. The molecule has 0 amide bonds. The van der Waals surface area contributed by atoms with Crippen LogP contribution in [0, 0.1) is 14.9 Å². The maximum atomic E-state index is 9.18. The van der Waals surface area contributed by atoms with E-state index < -0.39 is 0 Å². The molecule has 1 aromatic heterocycles. The summed E-state index contributed by atoms with van der Waals surface area (Å²) in [6.45, 7) is 0.713. The molecule has 0 aliphatic rings. The largest absolute Gasteiger partial charge is 0.354 e. The van der Waals surface area contributed by atoms with Crippen LogP contribution in [0.5, 0.6) is 0 Å². The first-order chi connectivity index (χ1) is 11.2. The van der Waals surface area contributed by atoms with Crippen molar-refractivity contribution in [1.29, 1.82) is 5.26 Å². The summed E-state index contributed by atoms with van der Waals surface area (Å²) in [5.41, 5.74) is 11.0. The van der Waals surface area contributed by atoms with Crippen LogP contribution in [-0.2, 0) is 6.42 Å². The summed E-state index contributed by atoms with van der Waals surface area (Å²) in [6, 6.07) is 16.6. The number of unbranched alkanes of at least 4 members (excludes halogenated alkanes) is 1. The van der Waals surface area contributed by atoms with Crippen LogP contribution in [0.2, 0.25) is 0 Å². The zero-order chi connectivity index (χ0) is 16.2. The molecule has 3 N–H and O–H groups in total. The van der Waals surface area contributed by atoms with E-state index in [0.717, 1.165) is 35.9 Å². The van der Waals surface area contributed by atoms with Gasteiger partial charge in [-0.05, 0) is 89.9 Å². The van der Waals surface area contributed by atoms with Crippen molar-refractivity contribution in [2.75, 3.05) is 6.54 Å². The molecule has 3 aromatic rings. The van der Waals surface area contributed by atoms with Crippen molar-refractivity contribution >= 4 is 33.5 Å². The molecule has 23 heavy (non-hydrogen) atoms. The number of benzene rings is 2. The van der Waals surface area contributed by atoms with Gasteiger partial charge in [0.15, 0.2) is 0 Å². The third-order valence-electron chi connectivity index (χ3n) is 4.05. The number of fused-ring (bicyclic) bond motifs is 1. The van der Waals surface area contributed by atoms with Crippen molar-refractivity contribution in [2.45, 2.75) is 19.3 Å². The first kappa shape index (κ1) is 16.0. The Bertz CT molecular complexity index is 857. The first-order valence-electron chi connectivity index (χ1n) is 7.73. The lowest BCUT2D eigenvalue weighted by Gasteiger charge is -2.05. The van der Waals surface area contributed by atoms with Crippen molar-refractivity contribution in [1.82, 2.24) is 4.98 Å². The summed E-state index contributed by atoms with van der Waals surface area (Å²) < 4.78 is 1.22. The Hall–Kier alpha value is -1.84. The Balaban J connectivity index is 2.13. The summed E-state index contributed by atoms with van der Waals surface area (Å²) >= 11 is 2.32. The van der Waals surface area contributed by atoms with Crippen LogP contribution in [0.4, 0.5) is 0 Å². The summed E-state index contributed by atoms with van der Waals surface area (Å²) in [5.74, 6) is 0. The number of rotatable bonds is 5. The number of nitrogens with one attached hydrogen (secondary N) is 1. The van der Waals surface area contributed by atoms with E-state index in [4.69, 9.17) is 5.73 Å². The lowest BCUT2D eigenvalue weighted by molar-refractivity contribution is 0.748. The third-order valence-corrected chi connectivity index (χ3v) is 4.77. The number of nitrogens with two attached hydrogens (primary N) is 1. The zero-order valence-electron chi connectivity index (χ0n) is 12.8. The standard InChI is InChI=1S/C19H18IN3/c20-15-7-5-14(6-8-15)19-16(3-1-2-10-21)17-11-13(12-22)4-9-18(17)23-19/h4-9,11,23H,1-3,10,21H2. The van der Waals surface area contributed by atoms with Crippen molar-refractivity contribution in [3.63, 3.8) is 0 Å². The van der Waals surface area contributed by atoms with Gasteiger partial charge in [0.25, 0.3) is 0 Å². The van der Waals surface area contributed by atoms with Crippen LogP contribution in [0.15, 0.2) is 42.5 Å². The van der Waals surface area contributed by atoms with E-state index in [9.17, 15) is 5.26 Å². The van der Waals surface area contributed by atoms with Crippen molar-refractivity contribution in [3.05, 3.63) is 57.2 Å². The van der Waals surface area contributed by atoms with Crippen LogP contribution in [0.1, 0.15) is 24.0 Å². The Morgan fingerprint density at radius 1 is 1.09 bits per heavy atom. The van der Waals surface area contributed by atoms with Crippen LogP contribution in [-0.4, -0.2) is 11.5 Å². The van der Waals surface area contributed by atoms with Crippen molar-refractivity contribution in [2.24, 2.45) is 5.73 Å². The Labute approximate surface area is 149 Å². The smallest absolute Gasteiger partial charge is 0.0991 e. The fourth-order valence-corrected chi connectivity index (χ4v) is 3.25. The van der Waals surface area contributed by atoms with E-state index in [1.807, 2.05) is 18.2 Å². The maximum Gasteiger partial charge on any atom is 0.0991 e. The quantitative estimate of drug-likeness (QED) is 0.473. The molecule has 0 fully saturated rings. The number of aryl methyl sites for hydroxylation is 1. The predicted octanol–water partition coefficient (Wildman–Crippen LogP) is 4.59. The predicted molar refractivity (Wildman–Crippen MR) is 103 cm³/mol. The number of nitrogens with zero attached hydrogens (tertiary/aromatic N) is 1. The summed E-state index contributed by atoms with van der Waals surface area (Å²) in [6.07, 6.45) is 3.03. The molecule has 1 heterocycles. The molecule has 0 spiro atoms. The lowest BCUT2D eigenvalue weighted by atomic mass is 9.99. The molecule has 0 aliphatic heterocycles. The fourth-order valence-electron chi connectivity index (χ4n) is 2.89. The topological polar surface area (TPSA) is 65.6 Å². The van der Waals surface area contributed by atoms with Crippen LogP contribution >= 0.6 is 22.6 Å². The van der Waals surface area contributed by atoms with Gasteiger partial charge in [-0.15, -0.1) is 0 Å². The van der Waals surface area contributed by atoms with Crippen LogP contribution < -0.4 is 5.73 Å². The number of nitriles is 1. The average Bonchev–Trinajstić information content (AvgIpc) is 2.93. The maximum absolute atomic E-state index is 9.18. The molecule has 3 rings (SSSR count). The minimum Gasteiger partial charge on any atom is -0.354 e. The molecular weight excluding hydrogens is 397 g/mol. The summed E-state index contributed by atoms with van der Waals surface area (Å²) in [7, 11) is 0. The van der Waals surface area contributed by atoms with E-state index >= 15 is 0 Å². The van der Waals surface area contributed by atoms with Gasteiger partial charge in [0, 0.05) is 20.2 Å². The molecule has 2 aromatic carbocycles. The highest BCUT2D eigenvalue weighted by molar-refractivity contribution is 14.1. The van der Waals surface area contributed by atoms with Gasteiger partial charge in [-0.25, -0.2) is 0 Å². The fraction of sp³-hybridized carbons (Fsp3) is 0.211. The third kappa shape index (κ3) is 3.41. The Morgan fingerprint density at radius 3 is 2.57 bits per heavy atom. The first-order valence-corrected chi connectivity index (χ1v) is 8.81. The number of H-pyrrole nitrogens is 1. The van der Waals surface area contributed by atoms with Gasteiger partial charge in [0.2, 0.25) is 0 Å². The van der Waals surface area contributed by atoms with E-state index in [2.05, 4.69) is 57.9 Å². The minimum atomic E-state index is 0.700. The van der Waals surface area contributed by atoms with Gasteiger partial charge in [0.05, 0.1) is 11.6 Å².